The summed E-state index contributed by atoms with van der Waals surface area (Å²) in [7, 11) is 1.29. The first-order chi connectivity index (χ1) is 14.1. The van der Waals surface area contributed by atoms with Crippen molar-refractivity contribution in [1.82, 2.24) is 4.98 Å². The standard InChI is InChI=1S/C19H20N2O9/c1-8(2)30-12(22)7-29-10-5-4-9(6-11(10)28-3)13-14(18(24)25)16(20)21-17(23)15(13)19(26)27/h4-6,8H,7H2,1-3H3,(H,24,25)(H,26,27)(H3,20,21,23). The van der Waals surface area contributed by atoms with Crippen LogP contribution in [-0.4, -0.2) is 52.9 Å². The van der Waals surface area contributed by atoms with Gasteiger partial charge in [0.1, 0.15) is 16.9 Å². The highest BCUT2D eigenvalue weighted by atomic mass is 16.6. The predicted molar refractivity (Wildman–Crippen MR) is 104 cm³/mol. The molecule has 2 aromatic rings. The monoisotopic (exact) mass is 420 g/mol. The van der Waals surface area contributed by atoms with Gasteiger partial charge in [0.2, 0.25) is 0 Å². The number of hydrogen-bond donors (Lipinski definition) is 4. The van der Waals surface area contributed by atoms with Gasteiger partial charge in [0, 0.05) is 5.56 Å². The number of methoxy groups -OCH3 is 1. The van der Waals surface area contributed by atoms with Crippen molar-refractivity contribution in [2.75, 3.05) is 19.5 Å². The molecule has 0 spiro atoms. The summed E-state index contributed by atoms with van der Waals surface area (Å²) in [4.78, 5) is 49.1. The van der Waals surface area contributed by atoms with Gasteiger partial charge in [-0.05, 0) is 31.5 Å². The molecule has 0 aliphatic heterocycles. The zero-order valence-corrected chi connectivity index (χ0v) is 16.3. The highest BCUT2D eigenvalue weighted by Crippen LogP contribution is 2.36. The fraction of sp³-hybridized carbons (Fsp3) is 0.263. The van der Waals surface area contributed by atoms with Crippen LogP contribution in [0.5, 0.6) is 11.5 Å². The lowest BCUT2D eigenvalue weighted by atomic mass is 9.95. The number of carbonyl (C=O) groups excluding carboxylic acids is 1. The Kier molecular flexibility index (Phi) is 6.67. The van der Waals surface area contributed by atoms with E-state index in [0.717, 1.165) is 0 Å². The second-order valence-electron chi connectivity index (χ2n) is 6.30. The third kappa shape index (κ3) is 4.69. The molecule has 0 unspecified atom stereocenters. The molecule has 160 valence electrons. The van der Waals surface area contributed by atoms with Gasteiger partial charge in [0.25, 0.3) is 5.56 Å². The maximum Gasteiger partial charge on any atom is 0.344 e. The molecule has 11 nitrogen and oxygen atoms in total. The molecule has 0 radical (unpaired) electrons. The molecular weight excluding hydrogens is 400 g/mol. The Hall–Kier alpha value is -4.02. The maximum atomic E-state index is 12.1. The van der Waals surface area contributed by atoms with E-state index in [9.17, 15) is 29.4 Å². The number of nitrogen functional groups attached to an aromatic ring is 1. The number of aromatic carboxylic acids is 2. The molecular formula is C19H20N2O9. The van der Waals surface area contributed by atoms with Crippen LogP contribution in [0.1, 0.15) is 34.6 Å². The lowest BCUT2D eigenvalue weighted by Gasteiger charge is -2.15. The Morgan fingerprint density at radius 1 is 1.10 bits per heavy atom. The van der Waals surface area contributed by atoms with Crippen LogP contribution >= 0.6 is 0 Å². The quantitative estimate of drug-likeness (QED) is 0.456. The number of anilines is 1. The predicted octanol–water partition coefficient (Wildman–Crippen LogP) is 1.36. The Labute approximate surface area is 170 Å². The number of nitrogens with two attached hydrogens (primary N) is 1. The molecule has 0 saturated heterocycles. The van der Waals surface area contributed by atoms with Crippen molar-refractivity contribution in [2.45, 2.75) is 20.0 Å². The number of aromatic amines is 1. The highest BCUT2D eigenvalue weighted by Gasteiger charge is 2.27. The summed E-state index contributed by atoms with van der Waals surface area (Å²) in [6.07, 6.45) is -0.323. The molecule has 0 saturated carbocycles. The van der Waals surface area contributed by atoms with Gasteiger partial charge in [0.05, 0.1) is 13.2 Å². The molecule has 1 heterocycles. The van der Waals surface area contributed by atoms with E-state index in [1.165, 1.54) is 25.3 Å². The van der Waals surface area contributed by atoms with Gasteiger partial charge < -0.3 is 35.1 Å². The largest absolute Gasteiger partial charge is 0.493 e. The molecule has 0 fully saturated rings. The lowest BCUT2D eigenvalue weighted by Crippen LogP contribution is -2.24. The highest BCUT2D eigenvalue weighted by molar-refractivity contribution is 6.07. The number of nitrogens with one attached hydrogen (secondary N) is 1. The molecule has 1 aromatic carbocycles. The number of carbonyl (C=O) groups is 3. The van der Waals surface area contributed by atoms with Crippen LogP contribution < -0.4 is 20.8 Å². The molecule has 0 atom stereocenters. The summed E-state index contributed by atoms with van der Waals surface area (Å²) < 4.78 is 15.5. The molecule has 0 aliphatic carbocycles. The number of hydrogen-bond acceptors (Lipinski definition) is 8. The van der Waals surface area contributed by atoms with E-state index in [1.54, 1.807) is 13.8 Å². The van der Waals surface area contributed by atoms with Gasteiger partial charge in [-0.25, -0.2) is 14.4 Å². The molecule has 5 N–H and O–H groups in total. The van der Waals surface area contributed by atoms with Gasteiger partial charge in [-0.15, -0.1) is 0 Å². The van der Waals surface area contributed by atoms with Crippen molar-refractivity contribution in [3.05, 3.63) is 39.7 Å². The van der Waals surface area contributed by atoms with E-state index in [2.05, 4.69) is 0 Å². The number of pyridine rings is 1. The Morgan fingerprint density at radius 2 is 1.73 bits per heavy atom. The minimum Gasteiger partial charge on any atom is -0.493 e. The van der Waals surface area contributed by atoms with Gasteiger partial charge in [-0.2, -0.15) is 0 Å². The molecule has 2 rings (SSSR count). The van der Waals surface area contributed by atoms with E-state index < -0.39 is 47.0 Å². The summed E-state index contributed by atoms with van der Waals surface area (Å²) in [5.41, 5.74) is 2.83. The second-order valence-corrected chi connectivity index (χ2v) is 6.30. The maximum absolute atomic E-state index is 12.1. The Bertz CT molecular complexity index is 1060. The van der Waals surface area contributed by atoms with Crippen LogP contribution in [0.3, 0.4) is 0 Å². The number of rotatable bonds is 8. The molecule has 0 aliphatic rings. The van der Waals surface area contributed by atoms with Crippen LogP contribution in [0.15, 0.2) is 23.0 Å². The average Bonchev–Trinajstić information content (AvgIpc) is 2.64. The van der Waals surface area contributed by atoms with E-state index in [1.807, 2.05) is 4.98 Å². The van der Waals surface area contributed by atoms with Gasteiger partial charge in [-0.1, -0.05) is 6.07 Å². The summed E-state index contributed by atoms with van der Waals surface area (Å²) >= 11 is 0. The first kappa shape index (κ1) is 22.3. The Morgan fingerprint density at radius 3 is 2.27 bits per heavy atom. The van der Waals surface area contributed by atoms with Crippen molar-refractivity contribution in [2.24, 2.45) is 0 Å². The summed E-state index contributed by atoms with van der Waals surface area (Å²) in [5, 5.41) is 18.9. The molecule has 0 amide bonds. The number of esters is 1. The van der Waals surface area contributed by atoms with Crippen LogP contribution in [0, 0.1) is 0 Å². The normalized spacial score (nSPS) is 10.5. The number of aromatic nitrogens is 1. The van der Waals surface area contributed by atoms with E-state index >= 15 is 0 Å². The SMILES string of the molecule is COc1cc(-c2c(C(=O)O)c(N)[nH]c(=O)c2C(=O)O)ccc1OCC(=O)OC(C)C. The van der Waals surface area contributed by atoms with Crippen LogP contribution in [0.25, 0.3) is 11.1 Å². The molecule has 11 heteroatoms. The Balaban J connectivity index is 2.58. The summed E-state index contributed by atoms with van der Waals surface area (Å²) in [6.45, 7) is 2.95. The molecule has 0 bridgehead atoms. The van der Waals surface area contributed by atoms with Crippen molar-refractivity contribution in [1.29, 1.82) is 0 Å². The zero-order chi connectivity index (χ0) is 22.6. The fourth-order valence-electron chi connectivity index (χ4n) is 2.71. The minimum absolute atomic E-state index is 0.0385. The van der Waals surface area contributed by atoms with Crippen LogP contribution in [-0.2, 0) is 9.53 Å². The number of benzene rings is 1. The average molecular weight is 420 g/mol. The fourth-order valence-corrected chi connectivity index (χ4v) is 2.71. The van der Waals surface area contributed by atoms with Crippen molar-refractivity contribution in [3.8, 4) is 22.6 Å². The van der Waals surface area contributed by atoms with Crippen LogP contribution in [0.4, 0.5) is 5.82 Å². The number of ether oxygens (including phenoxy) is 3. The van der Waals surface area contributed by atoms with Gasteiger partial charge in [0.15, 0.2) is 18.1 Å². The third-order valence-corrected chi connectivity index (χ3v) is 3.84. The van der Waals surface area contributed by atoms with Crippen molar-refractivity contribution < 1.29 is 38.8 Å². The summed E-state index contributed by atoms with van der Waals surface area (Å²) in [5.74, 6) is -4.09. The smallest absolute Gasteiger partial charge is 0.344 e. The third-order valence-electron chi connectivity index (χ3n) is 3.84. The van der Waals surface area contributed by atoms with Crippen LogP contribution in [0.2, 0.25) is 0 Å². The topological polar surface area (TPSA) is 178 Å². The number of H-pyrrole nitrogens is 1. The van der Waals surface area contributed by atoms with Gasteiger partial charge >= 0.3 is 17.9 Å². The number of carboxylic acid groups (broad SMARTS) is 2. The van der Waals surface area contributed by atoms with Crippen molar-refractivity contribution >= 4 is 23.7 Å². The lowest BCUT2D eigenvalue weighted by molar-refractivity contribution is -0.149. The van der Waals surface area contributed by atoms with E-state index in [-0.39, 0.29) is 28.7 Å². The van der Waals surface area contributed by atoms with E-state index in [0.29, 0.717) is 0 Å². The van der Waals surface area contributed by atoms with Crippen molar-refractivity contribution in [3.63, 3.8) is 0 Å². The summed E-state index contributed by atoms with van der Waals surface area (Å²) in [6, 6.07) is 3.93. The molecule has 1 aromatic heterocycles. The number of carboxylic acids is 2. The zero-order valence-electron chi connectivity index (χ0n) is 16.3. The van der Waals surface area contributed by atoms with E-state index in [4.69, 9.17) is 19.9 Å². The first-order valence-corrected chi connectivity index (χ1v) is 8.59. The van der Waals surface area contributed by atoms with Gasteiger partial charge in [-0.3, -0.25) is 4.79 Å². The minimum atomic E-state index is -1.63. The first-order valence-electron chi connectivity index (χ1n) is 8.59. The second kappa shape index (κ2) is 8.99. The molecule has 30 heavy (non-hydrogen) atoms.